The Labute approximate surface area is 200 Å². The predicted molar refractivity (Wildman–Crippen MR) is 136 cm³/mol. The van der Waals surface area contributed by atoms with Gasteiger partial charge in [-0.15, -0.1) is 0 Å². The Kier molecular flexibility index (Phi) is 7.67. The van der Waals surface area contributed by atoms with Crippen molar-refractivity contribution in [2.75, 3.05) is 0 Å². The normalized spacial score (nSPS) is 12.9. The zero-order valence-electron chi connectivity index (χ0n) is 19.1. The van der Waals surface area contributed by atoms with Crippen LogP contribution < -0.4 is 5.32 Å². The molecule has 4 nitrogen and oxygen atoms in total. The molecule has 2 heterocycles. The average molecular weight is 444 g/mol. The number of hydrogen-bond donors (Lipinski definition) is 1. The molecule has 1 aliphatic rings. The van der Waals surface area contributed by atoms with E-state index in [2.05, 4.69) is 51.1 Å². The first-order chi connectivity index (χ1) is 16.7. The molecule has 1 aliphatic heterocycles. The van der Waals surface area contributed by atoms with Crippen molar-refractivity contribution in [3.63, 3.8) is 0 Å². The third kappa shape index (κ3) is 6.55. The molecule has 0 radical (unpaired) electrons. The number of allylic oxidation sites excluding steroid dienone is 2. The van der Waals surface area contributed by atoms with Crippen LogP contribution in [-0.4, -0.2) is 23.1 Å². The number of benzene rings is 2. The highest BCUT2D eigenvalue weighted by molar-refractivity contribution is 5.95. The zero-order valence-corrected chi connectivity index (χ0v) is 19.1. The lowest BCUT2D eigenvalue weighted by Crippen LogP contribution is -2.34. The van der Waals surface area contributed by atoms with Crippen LogP contribution in [0.25, 0.3) is 0 Å². The first-order valence-corrected chi connectivity index (χ1v) is 11.3. The molecule has 4 heteroatoms. The van der Waals surface area contributed by atoms with Crippen LogP contribution in [0.1, 0.15) is 52.5 Å². The number of aromatic nitrogens is 1. The van der Waals surface area contributed by atoms with E-state index in [1.54, 1.807) is 18.3 Å². The van der Waals surface area contributed by atoms with Crippen molar-refractivity contribution in [1.29, 1.82) is 0 Å². The molecule has 4 rings (SSSR count). The first kappa shape index (κ1) is 22.8. The van der Waals surface area contributed by atoms with Crippen LogP contribution in [0.5, 0.6) is 0 Å². The van der Waals surface area contributed by atoms with E-state index in [-0.39, 0.29) is 11.9 Å². The molecule has 3 aromatic rings. The Bertz CT molecular complexity index is 1330. The van der Waals surface area contributed by atoms with Crippen molar-refractivity contribution in [1.82, 2.24) is 10.3 Å². The smallest absolute Gasteiger partial charge is 0.251 e. The highest BCUT2D eigenvalue weighted by Crippen LogP contribution is 2.13. The molecule has 34 heavy (non-hydrogen) atoms. The minimum absolute atomic E-state index is 0.00600. The molecule has 0 unspecified atom stereocenters. The van der Waals surface area contributed by atoms with Gasteiger partial charge >= 0.3 is 0 Å². The predicted octanol–water partition coefficient (Wildman–Crippen LogP) is 4.94. The zero-order chi connectivity index (χ0) is 23.6. The summed E-state index contributed by atoms with van der Waals surface area (Å²) < 4.78 is 0. The largest absolute Gasteiger partial charge is 0.349 e. The van der Waals surface area contributed by atoms with E-state index in [1.807, 2.05) is 61.7 Å². The van der Waals surface area contributed by atoms with E-state index < -0.39 is 0 Å². The first-order valence-electron chi connectivity index (χ1n) is 11.3. The quantitative estimate of drug-likeness (QED) is 0.581. The average Bonchev–Trinajstić information content (AvgIpc) is 2.88. The summed E-state index contributed by atoms with van der Waals surface area (Å²) in [5, 5.41) is 3.09. The second-order valence-electron chi connectivity index (χ2n) is 8.02. The van der Waals surface area contributed by atoms with Crippen molar-refractivity contribution in [2.24, 2.45) is 4.99 Å². The highest BCUT2D eigenvalue weighted by atomic mass is 16.1. The molecule has 0 aliphatic carbocycles. The van der Waals surface area contributed by atoms with E-state index >= 15 is 0 Å². The molecular formula is C30H25N3O. The number of nitrogens with zero attached hydrogens (tertiary/aromatic N) is 2. The fourth-order valence-electron chi connectivity index (χ4n) is 3.52. The Morgan fingerprint density at radius 2 is 1.76 bits per heavy atom. The van der Waals surface area contributed by atoms with Crippen molar-refractivity contribution in [3.8, 4) is 23.7 Å². The maximum atomic E-state index is 13.0. The molecule has 166 valence electrons. The lowest BCUT2D eigenvalue weighted by Gasteiger charge is -2.14. The number of rotatable bonds is 4. The van der Waals surface area contributed by atoms with Gasteiger partial charge in [0.05, 0.1) is 0 Å². The molecule has 0 saturated heterocycles. The maximum Gasteiger partial charge on any atom is 0.251 e. The van der Waals surface area contributed by atoms with Gasteiger partial charge in [-0.2, -0.15) is 0 Å². The van der Waals surface area contributed by atoms with E-state index in [9.17, 15) is 4.79 Å². The monoisotopic (exact) mass is 443 g/mol. The number of aliphatic imine (C=N–C) groups is 1. The van der Waals surface area contributed by atoms with Gasteiger partial charge in [0, 0.05) is 35.1 Å². The van der Waals surface area contributed by atoms with Crippen LogP contribution in [0.2, 0.25) is 0 Å². The Morgan fingerprint density at radius 3 is 2.53 bits per heavy atom. The van der Waals surface area contributed by atoms with Crippen molar-refractivity contribution >= 4 is 12.1 Å². The van der Waals surface area contributed by atoms with E-state index in [4.69, 9.17) is 0 Å². The molecule has 0 spiro atoms. The topological polar surface area (TPSA) is 54.4 Å². The van der Waals surface area contributed by atoms with Crippen molar-refractivity contribution in [3.05, 3.63) is 113 Å². The summed E-state index contributed by atoms with van der Waals surface area (Å²) >= 11 is 0. The van der Waals surface area contributed by atoms with Crippen LogP contribution in [-0.2, 0) is 6.42 Å². The minimum atomic E-state index is -0.136. The van der Waals surface area contributed by atoms with Crippen LogP contribution >= 0.6 is 0 Å². The molecule has 1 aromatic heterocycles. The van der Waals surface area contributed by atoms with Crippen LogP contribution in [0.4, 0.5) is 0 Å². The lowest BCUT2D eigenvalue weighted by molar-refractivity contribution is 0.0940. The van der Waals surface area contributed by atoms with Crippen LogP contribution in [0, 0.1) is 23.7 Å². The van der Waals surface area contributed by atoms with Gasteiger partial charge in [-0.05, 0) is 80.0 Å². The van der Waals surface area contributed by atoms with Crippen molar-refractivity contribution in [2.45, 2.75) is 32.2 Å². The third-order valence-electron chi connectivity index (χ3n) is 5.22. The number of carbonyl (C=O) groups is 1. The van der Waals surface area contributed by atoms with E-state index in [0.717, 1.165) is 30.5 Å². The minimum Gasteiger partial charge on any atom is -0.349 e. The number of pyridine rings is 1. The number of carbonyl (C=O) groups excluding carboxylic acids is 1. The summed E-state index contributed by atoms with van der Waals surface area (Å²) in [6.45, 7) is 2.00. The molecule has 1 N–H and O–H groups in total. The second-order valence-corrected chi connectivity index (χ2v) is 8.02. The number of amides is 1. The summed E-state index contributed by atoms with van der Waals surface area (Å²) in [5.74, 6) is 12.4. The number of hydrogen-bond acceptors (Lipinski definition) is 3. The fraction of sp³-hybridized carbons (Fsp3) is 0.167. The summed E-state index contributed by atoms with van der Waals surface area (Å²) in [6, 6.07) is 21.1. The summed E-state index contributed by atoms with van der Waals surface area (Å²) in [7, 11) is 0. The lowest BCUT2D eigenvalue weighted by atomic mass is 10.0. The molecule has 0 saturated carbocycles. The van der Waals surface area contributed by atoms with Gasteiger partial charge in [0.15, 0.2) is 0 Å². The molecule has 2 aromatic carbocycles. The SMILES string of the molecule is C[C@@H](Cc1ccccc1)NC(=O)c1ccc(C#CC2=CCCC=N2)c(C#Cc2ccccn2)c1. The fourth-order valence-corrected chi connectivity index (χ4v) is 3.52. The summed E-state index contributed by atoms with van der Waals surface area (Å²) in [6.07, 6.45) is 8.27. The molecule has 0 fully saturated rings. The molecule has 1 atom stereocenters. The van der Waals surface area contributed by atoms with E-state index in [1.165, 1.54) is 5.56 Å². The molecular weight excluding hydrogens is 418 g/mol. The highest BCUT2D eigenvalue weighted by Gasteiger charge is 2.12. The Hall–Kier alpha value is -4.41. The summed E-state index contributed by atoms with van der Waals surface area (Å²) in [5.41, 5.74) is 4.58. The summed E-state index contributed by atoms with van der Waals surface area (Å²) in [4.78, 5) is 21.5. The van der Waals surface area contributed by atoms with E-state index in [0.29, 0.717) is 16.8 Å². The van der Waals surface area contributed by atoms with Crippen molar-refractivity contribution < 1.29 is 4.79 Å². The Morgan fingerprint density at radius 1 is 0.941 bits per heavy atom. The van der Waals surface area contributed by atoms with Gasteiger partial charge in [0.2, 0.25) is 0 Å². The Balaban J connectivity index is 1.58. The van der Waals surface area contributed by atoms with Gasteiger partial charge in [0.1, 0.15) is 11.4 Å². The second kappa shape index (κ2) is 11.5. The molecule has 0 bridgehead atoms. The maximum absolute atomic E-state index is 13.0. The standard InChI is InChI=1S/C30H25N3O/c1-23(21-24-9-3-2-4-10-24)33-30(34)27-14-13-25(15-17-28-11-5-7-19-31-28)26(22-27)16-18-29-12-6-8-20-32-29/h2-4,6,8-14,19-20,22-23H,5,7,21H2,1H3,(H,33,34)/t23-/m0/s1. The van der Waals surface area contributed by atoms with Gasteiger partial charge in [0.25, 0.3) is 5.91 Å². The molecule has 1 amide bonds. The van der Waals surface area contributed by atoms with Crippen LogP contribution in [0.15, 0.2) is 89.7 Å². The van der Waals surface area contributed by atoms with Gasteiger partial charge in [-0.25, -0.2) is 4.98 Å². The van der Waals surface area contributed by atoms with Gasteiger partial charge in [-0.3, -0.25) is 9.79 Å². The van der Waals surface area contributed by atoms with Crippen LogP contribution in [0.3, 0.4) is 0 Å². The third-order valence-corrected chi connectivity index (χ3v) is 5.22. The number of nitrogens with one attached hydrogen (secondary N) is 1. The van der Waals surface area contributed by atoms with Gasteiger partial charge in [-0.1, -0.05) is 48.2 Å². The van der Waals surface area contributed by atoms with Gasteiger partial charge < -0.3 is 5.32 Å².